The molecule has 0 radical (unpaired) electrons. The molecule has 4 atom stereocenters. The lowest BCUT2D eigenvalue weighted by molar-refractivity contribution is -0.158. The van der Waals surface area contributed by atoms with Crippen molar-refractivity contribution in [3.63, 3.8) is 0 Å². The third-order valence-corrected chi connectivity index (χ3v) is 8.27. The zero-order chi connectivity index (χ0) is 18.4. The van der Waals surface area contributed by atoms with Gasteiger partial charge >= 0.3 is 0 Å². The number of ether oxygens (including phenoxy) is 1. The summed E-state index contributed by atoms with van der Waals surface area (Å²) in [6, 6.07) is 4.00. The Balaban J connectivity index is 1.60. The maximum absolute atomic E-state index is 12.9. The van der Waals surface area contributed by atoms with Crippen molar-refractivity contribution in [1.29, 1.82) is 0 Å². The lowest BCUT2D eigenvalue weighted by Gasteiger charge is -2.65. The maximum Gasteiger partial charge on any atom is 0.174 e. The Morgan fingerprint density at radius 2 is 2.15 bits per heavy atom. The standard InChI is InChI=1S/C22H25NO4/c24-10-8-21-6-5-16(26)20-22(21)7-9-23(12-13-1-2-13)17(21)11-14-3-4-15(25)19(27-20)18(14)22/h3-4,10,13,17,20,25H,1-2,5-9,11-12H2/t17-,20+,21-,22+/m1/s1. The summed E-state index contributed by atoms with van der Waals surface area (Å²) >= 11 is 0. The van der Waals surface area contributed by atoms with Gasteiger partial charge < -0.3 is 14.6 Å². The van der Waals surface area contributed by atoms with Gasteiger partial charge in [-0.05, 0) is 56.2 Å². The fourth-order valence-electron chi connectivity index (χ4n) is 7.04. The van der Waals surface area contributed by atoms with Crippen LogP contribution in [0.3, 0.4) is 0 Å². The van der Waals surface area contributed by atoms with E-state index in [1.807, 2.05) is 6.07 Å². The van der Waals surface area contributed by atoms with Gasteiger partial charge in [0.05, 0.1) is 5.41 Å². The number of phenols is 1. The SMILES string of the molecule is O=CC[C@@]12CCC(=O)[C@@H]3Oc4c(O)ccc5c4[C@@]31CCN(CC1CC1)[C@@H]2C5. The lowest BCUT2D eigenvalue weighted by Crippen LogP contribution is -2.72. The molecule has 5 heteroatoms. The van der Waals surface area contributed by atoms with Crippen LogP contribution >= 0.6 is 0 Å². The monoisotopic (exact) mass is 367 g/mol. The molecular formula is C22H25NO4. The maximum atomic E-state index is 12.9. The van der Waals surface area contributed by atoms with Crippen LogP contribution in [0, 0.1) is 11.3 Å². The van der Waals surface area contributed by atoms with Crippen molar-refractivity contribution in [3.05, 3.63) is 23.3 Å². The molecule has 142 valence electrons. The molecule has 3 aliphatic carbocycles. The number of ketones is 1. The summed E-state index contributed by atoms with van der Waals surface area (Å²) in [4.78, 5) is 27.4. The third kappa shape index (κ3) is 1.79. The van der Waals surface area contributed by atoms with E-state index in [0.29, 0.717) is 18.6 Å². The second-order valence-electron chi connectivity index (χ2n) is 9.32. The Kier molecular flexibility index (Phi) is 3.06. The molecule has 0 unspecified atom stereocenters. The molecule has 2 aliphatic heterocycles. The molecule has 1 spiro atoms. The normalized spacial score (nSPS) is 39.0. The number of hydrogen-bond donors (Lipinski definition) is 1. The van der Waals surface area contributed by atoms with Crippen LogP contribution in [0.15, 0.2) is 12.1 Å². The largest absolute Gasteiger partial charge is 0.504 e. The first-order valence-electron chi connectivity index (χ1n) is 10.3. The van der Waals surface area contributed by atoms with E-state index in [2.05, 4.69) is 4.90 Å². The number of aromatic hydroxyl groups is 1. The molecule has 5 nitrogen and oxygen atoms in total. The van der Waals surface area contributed by atoms with E-state index < -0.39 is 11.5 Å². The van der Waals surface area contributed by atoms with Crippen LogP contribution in [0.4, 0.5) is 0 Å². The molecule has 2 saturated carbocycles. The Morgan fingerprint density at radius 3 is 2.93 bits per heavy atom. The van der Waals surface area contributed by atoms with Gasteiger partial charge in [-0.1, -0.05) is 6.07 Å². The van der Waals surface area contributed by atoms with E-state index in [1.54, 1.807) is 6.07 Å². The molecule has 1 aromatic rings. The fourth-order valence-corrected chi connectivity index (χ4v) is 7.04. The van der Waals surface area contributed by atoms with Crippen molar-refractivity contribution in [1.82, 2.24) is 4.90 Å². The molecule has 6 rings (SSSR count). The molecule has 3 fully saturated rings. The van der Waals surface area contributed by atoms with Crippen LogP contribution in [-0.2, 0) is 21.4 Å². The summed E-state index contributed by atoms with van der Waals surface area (Å²) in [6.07, 6.45) is 6.57. The predicted octanol–water partition coefficient (Wildman–Crippen LogP) is 2.37. The number of piperidine rings is 1. The molecule has 0 amide bonds. The summed E-state index contributed by atoms with van der Waals surface area (Å²) in [6.45, 7) is 2.06. The van der Waals surface area contributed by atoms with Crippen LogP contribution < -0.4 is 4.74 Å². The van der Waals surface area contributed by atoms with Crippen LogP contribution in [0.5, 0.6) is 11.5 Å². The van der Waals surface area contributed by atoms with Crippen LogP contribution in [0.1, 0.15) is 49.7 Å². The first-order valence-corrected chi connectivity index (χ1v) is 10.3. The van der Waals surface area contributed by atoms with E-state index in [-0.39, 0.29) is 23.0 Å². The summed E-state index contributed by atoms with van der Waals surface area (Å²) in [7, 11) is 0. The highest BCUT2D eigenvalue weighted by Gasteiger charge is 2.72. The highest BCUT2D eigenvalue weighted by molar-refractivity contribution is 5.90. The second kappa shape index (κ2) is 5.13. The van der Waals surface area contributed by atoms with Gasteiger partial charge in [-0.25, -0.2) is 0 Å². The minimum absolute atomic E-state index is 0.129. The molecule has 1 aromatic carbocycles. The summed E-state index contributed by atoms with van der Waals surface area (Å²) in [5, 5.41) is 10.5. The van der Waals surface area contributed by atoms with E-state index in [0.717, 1.165) is 50.1 Å². The Labute approximate surface area is 158 Å². The molecule has 27 heavy (non-hydrogen) atoms. The number of nitrogens with zero attached hydrogens (tertiary/aromatic N) is 1. The molecule has 2 heterocycles. The minimum Gasteiger partial charge on any atom is -0.504 e. The van der Waals surface area contributed by atoms with Crippen LogP contribution in [0.25, 0.3) is 0 Å². The molecule has 2 bridgehead atoms. The summed E-state index contributed by atoms with van der Waals surface area (Å²) in [5.41, 5.74) is 1.54. The Hall–Kier alpha value is -1.88. The number of benzene rings is 1. The van der Waals surface area contributed by atoms with Crippen molar-refractivity contribution in [2.24, 2.45) is 11.3 Å². The number of aldehydes is 1. The average Bonchev–Trinajstić information content (AvgIpc) is 3.39. The fraction of sp³-hybridized carbons (Fsp3) is 0.636. The quantitative estimate of drug-likeness (QED) is 0.828. The highest BCUT2D eigenvalue weighted by Crippen LogP contribution is 2.69. The summed E-state index contributed by atoms with van der Waals surface area (Å²) < 4.78 is 6.19. The van der Waals surface area contributed by atoms with E-state index in [1.165, 1.54) is 18.4 Å². The highest BCUT2D eigenvalue weighted by atomic mass is 16.5. The number of carbonyl (C=O) groups excluding carboxylic acids is 2. The topological polar surface area (TPSA) is 66.8 Å². The van der Waals surface area contributed by atoms with Crippen molar-refractivity contribution in [3.8, 4) is 11.5 Å². The van der Waals surface area contributed by atoms with Gasteiger partial charge in [-0.15, -0.1) is 0 Å². The molecule has 0 aromatic heterocycles. The molecular weight excluding hydrogens is 342 g/mol. The van der Waals surface area contributed by atoms with Gasteiger partial charge in [0.1, 0.15) is 6.29 Å². The van der Waals surface area contributed by atoms with Crippen molar-refractivity contribution in [2.45, 2.75) is 62.5 Å². The smallest absolute Gasteiger partial charge is 0.174 e. The van der Waals surface area contributed by atoms with Crippen molar-refractivity contribution >= 4 is 12.1 Å². The zero-order valence-corrected chi connectivity index (χ0v) is 15.4. The number of hydrogen-bond acceptors (Lipinski definition) is 5. The van der Waals surface area contributed by atoms with Crippen molar-refractivity contribution in [2.75, 3.05) is 13.1 Å². The average molecular weight is 367 g/mol. The number of carbonyl (C=O) groups is 2. The van der Waals surface area contributed by atoms with Gasteiger partial charge in [0.2, 0.25) is 0 Å². The number of rotatable bonds is 4. The Morgan fingerprint density at radius 1 is 1.30 bits per heavy atom. The number of Topliss-reactive ketones (excluding diaryl/α,β-unsaturated/α-hetero) is 1. The van der Waals surface area contributed by atoms with Gasteiger partial charge in [0.25, 0.3) is 0 Å². The molecule has 5 aliphatic rings. The first kappa shape index (κ1) is 16.1. The minimum atomic E-state index is -0.542. The van der Waals surface area contributed by atoms with Crippen LogP contribution in [-0.4, -0.2) is 47.3 Å². The first-order chi connectivity index (χ1) is 13.1. The van der Waals surface area contributed by atoms with Gasteiger partial charge in [-0.3, -0.25) is 9.69 Å². The Bertz CT molecular complexity index is 862. The third-order valence-electron chi connectivity index (χ3n) is 8.27. The van der Waals surface area contributed by atoms with Gasteiger partial charge in [-0.2, -0.15) is 0 Å². The molecule has 1 N–H and O–H groups in total. The van der Waals surface area contributed by atoms with Crippen LogP contribution in [0.2, 0.25) is 0 Å². The van der Waals surface area contributed by atoms with E-state index >= 15 is 0 Å². The van der Waals surface area contributed by atoms with E-state index in [4.69, 9.17) is 4.74 Å². The van der Waals surface area contributed by atoms with Crippen molar-refractivity contribution < 1.29 is 19.4 Å². The summed E-state index contributed by atoms with van der Waals surface area (Å²) in [5.74, 6) is 1.57. The van der Waals surface area contributed by atoms with Gasteiger partial charge in [0, 0.05) is 36.4 Å². The second-order valence-corrected chi connectivity index (χ2v) is 9.32. The number of phenolic OH excluding ortho intramolecular Hbond substituents is 1. The zero-order valence-electron chi connectivity index (χ0n) is 15.4. The predicted molar refractivity (Wildman–Crippen MR) is 98.0 cm³/mol. The number of likely N-dealkylation sites (tertiary alicyclic amines) is 1. The molecule has 1 saturated heterocycles. The van der Waals surface area contributed by atoms with Gasteiger partial charge in [0.15, 0.2) is 23.4 Å². The lowest BCUT2D eigenvalue weighted by atomic mass is 9.42. The van der Waals surface area contributed by atoms with E-state index in [9.17, 15) is 14.7 Å².